The van der Waals surface area contributed by atoms with Crippen LogP contribution in [0.3, 0.4) is 0 Å². The van der Waals surface area contributed by atoms with E-state index < -0.39 is 12.1 Å². The van der Waals surface area contributed by atoms with Crippen LogP contribution in [0.2, 0.25) is 0 Å². The quantitative estimate of drug-likeness (QED) is 0.321. The van der Waals surface area contributed by atoms with E-state index in [9.17, 15) is 9.59 Å². The van der Waals surface area contributed by atoms with Gasteiger partial charge in [0.2, 0.25) is 0 Å². The van der Waals surface area contributed by atoms with Crippen LogP contribution in [-0.4, -0.2) is 42.0 Å². The summed E-state index contributed by atoms with van der Waals surface area (Å²) in [6.07, 6.45) is 0. The monoisotopic (exact) mass is 554 g/mol. The molecule has 2 amide bonds. The molecule has 0 unspecified atom stereocenters. The number of fused-ring (bicyclic) bond motifs is 2. The van der Waals surface area contributed by atoms with Crippen molar-refractivity contribution in [2.24, 2.45) is 0 Å². The molecule has 0 spiro atoms. The van der Waals surface area contributed by atoms with E-state index >= 15 is 0 Å². The zero-order valence-electron chi connectivity index (χ0n) is 16.0. The van der Waals surface area contributed by atoms with Crippen LogP contribution in [0.5, 0.6) is 0 Å². The van der Waals surface area contributed by atoms with Crippen molar-refractivity contribution in [3.8, 4) is 0 Å². The Labute approximate surface area is 196 Å². The summed E-state index contributed by atoms with van der Waals surface area (Å²) in [7, 11) is 0. The van der Waals surface area contributed by atoms with Gasteiger partial charge in [-0.1, -0.05) is 34.7 Å². The zero-order valence-corrected chi connectivity index (χ0v) is 19.2. The third kappa shape index (κ3) is 3.63. The van der Waals surface area contributed by atoms with Crippen LogP contribution in [0, 0.1) is 0 Å². The average molecular weight is 556 g/mol. The van der Waals surface area contributed by atoms with Gasteiger partial charge >= 0.3 is 12.1 Å². The first-order valence-corrected chi connectivity index (χ1v) is 10.8. The fourth-order valence-corrected chi connectivity index (χ4v) is 4.31. The second-order valence-corrected chi connectivity index (χ2v) is 8.36. The van der Waals surface area contributed by atoms with Crippen LogP contribution in [0.1, 0.15) is 0 Å². The largest absolute Gasteiger partial charge is 0.348 e. The number of carbonyl (C=O) groups is 2. The number of para-hydroxylation sites is 2. The number of nitrogens with zero attached hydrogens (tertiary/aromatic N) is 6. The van der Waals surface area contributed by atoms with Crippen LogP contribution in [0.25, 0.3) is 22.1 Å². The summed E-state index contributed by atoms with van der Waals surface area (Å²) >= 11 is 6.86. The molecule has 0 radical (unpaired) electrons. The van der Waals surface area contributed by atoms with E-state index in [4.69, 9.17) is 0 Å². The number of aromatic nitrogens is 6. The number of benzene rings is 3. The van der Waals surface area contributed by atoms with Gasteiger partial charge in [-0.05, 0) is 68.3 Å². The van der Waals surface area contributed by atoms with Gasteiger partial charge in [-0.25, -0.2) is 9.59 Å². The Morgan fingerprint density at radius 3 is 1.59 bits per heavy atom. The molecular formula is C20H12Br2N8O2. The highest BCUT2D eigenvalue weighted by Gasteiger charge is 2.17. The summed E-state index contributed by atoms with van der Waals surface area (Å²) in [4.78, 5) is 25.6. The van der Waals surface area contributed by atoms with Gasteiger partial charge < -0.3 is 10.6 Å². The minimum Gasteiger partial charge on any atom is -0.305 e. The molecular weight excluding hydrogens is 544 g/mol. The maximum absolute atomic E-state index is 12.8. The van der Waals surface area contributed by atoms with Crippen molar-refractivity contribution in [3.63, 3.8) is 0 Å². The van der Waals surface area contributed by atoms with Gasteiger partial charge in [0.1, 0.15) is 11.0 Å². The smallest absolute Gasteiger partial charge is 0.305 e. The molecule has 0 fully saturated rings. The standard InChI is InChI=1S/C20H12Br2N8O2/c21-11-9-12(22)16(24-20(32)30-18-8-4-2-6-14(18)26-28-30)10-15(11)23-19(31)29-17-7-3-1-5-13(17)25-27-29/h1-10H,(H,23,31)(H,24,32). The summed E-state index contributed by atoms with van der Waals surface area (Å²) in [6, 6.07) is 16.6. The Bertz CT molecular complexity index is 1400. The topological polar surface area (TPSA) is 120 Å². The molecule has 2 N–H and O–H groups in total. The fraction of sp³-hybridized carbons (Fsp3) is 0. The molecule has 0 bridgehead atoms. The number of carbonyl (C=O) groups excluding carboxylic acids is 2. The van der Waals surface area contributed by atoms with E-state index in [1.165, 1.54) is 9.36 Å². The van der Waals surface area contributed by atoms with Crippen LogP contribution in [0.15, 0.2) is 69.6 Å². The molecule has 2 aromatic heterocycles. The van der Waals surface area contributed by atoms with Crippen LogP contribution in [-0.2, 0) is 0 Å². The van der Waals surface area contributed by atoms with E-state index in [2.05, 4.69) is 63.1 Å². The number of hydrogen-bond donors (Lipinski definition) is 2. The van der Waals surface area contributed by atoms with Crippen LogP contribution in [0.4, 0.5) is 21.0 Å². The highest BCUT2D eigenvalue weighted by Crippen LogP contribution is 2.33. The van der Waals surface area contributed by atoms with Gasteiger partial charge in [0.15, 0.2) is 0 Å². The summed E-state index contributed by atoms with van der Waals surface area (Å²) in [5, 5.41) is 21.4. The normalized spacial score (nSPS) is 11.1. The van der Waals surface area contributed by atoms with E-state index in [1.54, 1.807) is 48.5 Å². The number of rotatable bonds is 2. The average Bonchev–Trinajstić information content (AvgIpc) is 3.41. The third-order valence-electron chi connectivity index (χ3n) is 4.63. The molecule has 0 atom stereocenters. The Kier molecular flexibility index (Phi) is 5.15. The third-order valence-corrected chi connectivity index (χ3v) is 5.94. The van der Waals surface area contributed by atoms with E-state index in [-0.39, 0.29) is 0 Å². The van der Waals surface area contributed by atoms with Crippen molar-refractivity contribution in [2.45, 2.75) is 0 Å². The molecule has 0 saturated carbocycles. The van der Waals surface area contributed by atoms with E-state index in [1.807, 2.05) is 12.1 Å². The molecule has 5 rings (SSSR count). The number of amides is 2. The Balaban J connectivity index is 1.42. The zero-order chi connectivity index (χ0) is 22.2. The lowest BCUT2D eigenvalue weighted by atomic mass is 10.2. The lowest BCUT2D eigenvalue weighted by molar-refractivity contribution is 0.250. The number of halogens is 2. The SMILES string of the molecule is O=C(Nc1cc(NC(=O)n2nnc3ccccc32)c(Br)cc1Br)n1nnc2ccccc21. The van der Waals surface area contributed by atoms with Gasteiger partial charge in [0.25, 0.3) is 0 Å². The summed E-state index contributed by atoms with van der Waals surface area (Å²) in [5.74, 6) is 0. The Hall–Kier alpha value is -3.64. The first-order chi connectivity index (χ1) is 15.5. The van der Waals surface area contributed by atoms with Crippen LogP contribution < -0.4 is 10.6 Å². The number of nitrogens with one attached hydrogen (secondary N) is 2. The second kappa shape index (κ2) is 8.13. The van der Waals surface area contributed by atoms with Crippen molar-refractivity contribution < 1.29 is 9.59 Å². The molecule has 3 aromatic carbocycles. The molecule has 0 aliphatic rings. The van der Waals surface area contributed by atoms with Gasteiger partial charge in [-0.15, -0.1) is 10.2 Å². The first-order valence-electron chi connectivity index (χ1n) is 9.24. The van der Waals surface area contributed by atoms with Crippen molar-refractivity contribution in [2.75, 3.05) is 10.6 Å². The van der Waals surface area contributed by atoms with Gasteiger partial charge in [-0.3, -0.25) is 0 Å². The van der Waals surface area contributed by atoms with Crippen molar-refractivity contribution >= 4 is 77.4 Å². The highest BCUT2D eigenvalue weighted by molar-refractivity contribution is 9.11. The maximum atomic E-state index is 12.8. The minimum absolute atomic E-state index is 0.427. The number of anilines is 2. The lowest BCUT2D eigenvalue weighted by Crippen LogP contribution is -2.22. The van der Waals surface area contributed by atoms with E-state index in [0.29, 0.717) is 42.4 Å². The Morgan fingerprint density at radius 2 is 1.12 bits per heavy atom. The summed E-state index contributed by atoms with van der Waals surface area (Å²) < 4.78 is 3.55. The molecule has 12 heteroatoms. The maximum Gasteiger partial charge on any atom is 0.348 e. The second-order valence-electron chi connectivity index (χ2n) is 6.65. The molecule has 158 valence electrons. The van der Waals surface area contributed by atoms with Crippen molar-refractivity contribution in [3.05, 3.63) is 69.6 Å². The summed E-state index contributed by atoms with van der Waals surface area (Å²) in [5.41, 5.74) is 3.21. The minimum atomic E-state index is -0.499. The van der Waals surface area contributed by atoms with Gasteiger partial charge in [0, 0.05) is 8.95 Å². The van der Waals surface area contributed by atoms with Gasteiger partial charge in [-0.2, -0.15) is 9.36 Å². The van der Waals surface area contributed by atoms with Crippen molar-refractivity contribution in [1.82, 2.24) is 30.0 Å². The first kappa shape index (κ1) is 20.3. The Morgan fingerprint density at radius 1 is 0.688 bits per heavy atom. The summed E-state index contributed by atoms with van der Waals surface area (Å²) in [6.45, 7) is 0. The number of hydrogen-bond acceptors (Lipinski definition) is 6. The van der Waals surface area contributed by atoms with Gasteiger partial charge in [0.05, 0.1) is 22.4 Å². The van der Waals surface area contributed by atoms with Crippen LogP contribution >= 0.6 is 31.9 Å². The van der Waals surface area contributed by atoms with E-state index in [0.717, 1.165) is 0 Å². The fourth-order valence-electron chi connectivity index (χ4n) is 3.11. The predicted molar refractivity (Wildman–Crippen MR) is 126 cm³/mol. The molecule has 10 nitrogen and oxygen atoms in total. The van der Waals surface area contributed by atoms with Crippen molar-refractivity contribution in [1.29, 1.82) is 0 Å². The lowest BCUT2D eigenvalue weighted by Gasteiger charge is -2.13. The molecule has 5 aromatic rings. The molecule has 2 heterocycles. The molecule has 32 heavy (non-hydrogen) atoms. The highest BCUT2D eigenvalue weighted by atomic mass is 79.9. The molecule has 0 saturated heterocycles. The molecule has 0 aliphatic carbocycles. The predicted octanol–water partition coefficient (Wildman–Crippen LogP) is 4.86. The molecule has 0 aliphatic heterocycles.